The number of hydrogen-bond acceptors (Lipinski definition) is 5. The zero-order chi connectivity index (χ0) is 11.1. The van der Waals surface area contributed by atoms with Crippen molar-refractivity contribution in [1.29, 1.82) is 0 Å². The van der Waals surface area contributed by atoms with Crippen molar-refractivity contribution in [3.63, 3.8) is 0 Å². The third-order valence-corrected chi connectivity index (χ3v) is 2.88. The molecule has 2 N–H and O–H groups in total. The van der Waals surface area contributed by atoms with Gasteiger partial charge < -0.3 is 10.5 Å². The van der Waals surface area contributed by atoms with Crippen molar-refractivity contribution in [2.45, 2.75) is 25.7 Å². The monoisotopic (exact) mass is 227 g/mol. The first-order valence-corrected chi connectivity index (χ1v) is 6.10. The van der Waals surface area contributed by atoms with E-state index in [0.29, 0.717) is 12.4 Å². The van der Waals surface area contributed by atoms with Crippen LogP contribution in [0.5, 0.6) is 0 Å². The molecule has 0 fully saturated rings. The van der Waals surface area contributed by atoms with Crippen molar-refractivity contribution in [1.82, 2.24) is 9.97 Å². The van der Waals surface area contributed by atoms with Gasteiger partial charge in [-0.15, -0.1) is 0 Å². The fraction of sp³-hybridized carbons (Fsp3) is 0.600. The predicted octanol–water partition coefficient (Wildman–Crippen LogP) is 1.85. The summed E-state index contributed by atoms with van der Waals surface area (Å²) in [6.07, 6.45) is 1.16. The quantitative estimate of drug-likeness (QED) is 0.751. The Morgan fingerprint density at radius 2 is 2.27 bits per heavy atom. The van der Waals surface area contributed by atoms with E-state index in [4.69, 9.17) is 10.5 Å². The van der Waals surface area contributed by atoms with Crippen LogP contribution in [0.4, 0.5) is 5.82 Å². The van der Waals surface area contributed by atoms with Crippen molar-refractivity contribution in [3.05, 3.63) is 17.6 Å². The van der Waals surface area contributed by atoms with E-state index < -0.39 is 0 Å². The molecule has 84 valence electrons. The molecule has 1 rings (SSSR count). The Labute approximate surface area is 94.6 Å². The van der Waals surface area contributed by atoms with Crippen LogP contribution in [-0.4, -0.2) is 22.8 Å². The lowest BCUT2D eigenvalue weighted by molar-refractivity contribution is 0.181. The van der Waals surface area contributed by atoms with Crippen molar-refractivity contribution < 1.29 is 4.74 Å². The van der Waals surface area contributed by atoms with Gasteiger partial charge in [-0.3, -0.25) is 0 Å². The summed E-state index contributed by atoms with van der Waals surface area (Å²) in [5.41, 5.74) is 6.52. The number of nitrogens with two attached hydrogens (primary N) is 1. The zero-order valence-corrected chi connectivity index (χ0v) is 10.0. The third-order valence-electron chi connectivity index (χ3n) is 1.72. The SMILES string of the molecule is CCCSCc1nc(N)cc(COC)n1. The van der Waals surface area contributed by atoms with E-state index in [0.717, 1.165) is 29.4 Å². The smallest absolute Gasteiger partial charge is 0.140 e. The molecule has 0 aromatic carbocycles. The van der Waals surface area contributed by atoms with Gasteiger partial charge >= 0.3 is 0 Å². The van der Waals surface area contributed by atoms with Crippen molar-refractivity contribution in [3.8, 4) is 0 Å². The molecule has 0 aliphatic heterocycles. The highest BCUT2D eigenvalue weighted by Gasteiger charge is 2.02. The number of rotatable bonds is 6. The van der Waals surface area contributed by atoms with Crippen molar-refractivity contribution in [2.75, 3.05) is 18.6 Å². The van der Waals surface area contributed by atoms with Crippen LogP contribution < -0.4 is 5.73 Å². The van der Waals surface area contributed by atoms with E-state index in [2.05, 4.69) is 16.9 Å². The van der Waals surface area contributed by atoms with Crippen LogP contribution in [0.2, 0.25) is 0 Å². The highest BCUT2D eigenvalue weighted by atomic mass is 32.2. The normalized spacial score (nSPS) is 10.5. The van der Waals surface area contributed by atoms with E-state index in [1.165, 1.54) is 0 Å². The highest BCUT2D eigenvalue weighted by molar-refractivity contribution is 7.98. The molecule has 1 heterocycles. The summed E-state index contributed by atoms with van der Waals surface area (Å²) >= 11 is 1.82. The molecular weight excluding hydrogens is 210 g/mol. The van der Waals surface area contributed by atoms with E-state index in [9.17, 15) is 0 Å². The van der Waals surface area contributed by atoms with Gasteiger partial charge in [0.2, 0.25) is 0 Å². The van der Waals surface area contributed by atoms with Gasteiger partial charge in [-0.25, -0.2) is 9.97 Å². The second-order valence-electron chi connectivity index (χ2n) is 3.19. The minimum Gasteiger partial charge on any atom is -0.384 e. The predicted molar refractivity (Wildman–Crippen MR) is 63.6 cm³/mol. The van der Waals surface area contributed by atoms with Crippen LogP contribution in [0.25, 0.3) is 0 Å². The summed E-state index contributed by atoms with van der Waals surface area (Å²) in [5.74, 6) is 3.25. The molecule has 5 heteroatoms. The Bertz CT molecular complexity index is 307. The Balaban J connectivity index is 2.62. The minimum absolute atomic E-state index is 0.484. The van der Waals surface area contributed by atoms with Gasteiger partial charge in [0.15, 0.2) is 0 Å². The first-order valence-electron chi connectivity index (χ1n) is 4.95. The first-order chi connectivity index (χ1) is 7.26. The maximum absolute atomic E-state index is 5.68. The summed E-state index contributed by atoms with van der Waals surface area (Å²) in [6.45, 7) is 2.64. The largest absolute Gasteiger partial charge is 0.384 e. The molecule has 0 aliphatic rings. The summed E-state index contributed by atoms with van der Waals surface area (Å²) in [6, 6.07) is 1.75. The topological polar surface area (TPSA) is 61.0 Å². The molecule has 4 nitrogen and oxygen atoms in total. The van der Waals surface area contributed by atoms with Crippen molar-refractivity contribution >= 4 is 17.6 Å². The fourth-order valence-corrected chi connectivity index (χ4v) is 1.91. The van der Waals surface area contributed by atoms with Gasteiger partial charge in [-0.05, 0) is 12.2 Å². The van der Waals surface area contributed by atoms with Gasteiger partial charge in [0.1, 0.15) is 11.6 Å². The molecular formula is C10H17N3OS. The van der Waals surface area contributed by atoms with Crippen LogP contribution >= 0.6 is 11.8 Å². The lowest BCUT2D eigenvalue weighted by Crippen LogP contribution is -2.03. The Kier molecular flexibility index (Phi) is 5.42. The molecule has 1 aromatic rings. The lowest BCUT2D eigenvalue weighted by Gasteiger charge is -2.04. The average Bonchev–Trinajstić information content (AvgIpc) is 2.18. The molecule has 0 saturated carbocycles. The maximum Gasteiger partial charge on any atom is 0.140 e. The number of methoxy groups -OCH3 is 1. The van der Waals surface area contributed by atoms with Gasteiger partial charge in [0, 0.05) is 13.2 Å². The minimum atomic E-state index is 0.484. The molecule has 0 saturated heterocycles. The molecule has 0 atom stereocenters. The lowest BCUT2D eigenvalue weighted by atomic mass is 10.4. The number of ether oxygens (including phenoxy) is 1. The molecule has 0 radical (unpaired) electrons. The fourth-order valence-electron chi connectivity index (χ4n) is 1.17. The number of nitrogen functional groups attached to an aromatic ring is 1. The molecule has 0 unspecified atom stereocenters. The average molecular weight is 227 g/mol. The summed E-state index contributed by atoms with van der Waals surface area (Å²) < 4.78 is 5.01. The highest BCUT2D eigenvalue weighted by Crippen LogP contribution is 2.12. The molecule has 0 aliphatic carbocycles. The van der Waals surface area contributed by atoms with Crippen LogP contribution in [0.3, 0.4) is 0 Å². The van der Waals surface area contributed by atoms with Crippen LogP contribution in [0, 0.1) is 0 Å². The van der Waals surface area contributed by atoms with Gasteiger partial charge in [0.05, 0.1) is 18.1 Å². The van der Waals surface area contributed by atoms with E-state index in [1.54, 1.807) is 13.2 Å². The number of anilines is 1. The molecule has 1 aromatic heterocycles. The van der Waals surface area contributed by atoms with E-state index >= 15 is 0 Å². The Morgan fingerprint density at radius 1 is 1.47 bits per heavy atom. The van der Waals surface area contributed by atoms with Crippen molar-refractivity contribution in [2.24, 2.45) is 0 Å². The maximum atomic E-state index is 5.68. The van der Waals surface area contributed by atoms with Gasteiger partial charge in [0.25, 0.3) is 0 Å². The number of thioether (sulfide) groups is 1. The molecule has 0 spiro atoms. The number of hydrogen-bond donors (Lipinski definition) is 1. The third kappa shape index (κ3) is 4.48. The summed E-state index contributed by atoms with van der Waals surface area (Å²) in [7, 11) is 1.64. The first kappa shape index (κ1) is 12.3. The second-order valence-corrected chi connectivity index (χ2v) is 4.29. The standard InChI is InChI=1S/C10H17N3OS/c1-3-4-15-7-10-12-8(6-14-2)5-9(11)13-10/h5H,3-4,6-7H2,1-2H3,(H2,11,12,13). The molecule has 0 bridgehead atoms. The molecule has 15 heavy (non-hydrogen) atoms. The zero-order valence-electron chi connectivity index (χ0n) is 9.19. The molecule has 0 amide bonds. The number of nitrogens with zero attached hydrogens (tertiary/aromatic N) is 2. The summed E-state index contributed by atoms with van der Waals surface area (Å²) in [5, 5.41) is 0. The summed E-state index contributed by atoms with van der Waals surface area (Å²) in [4.78, 5) is 8.54. The van der Waals surface area contributed by atoms with E-state index in [1.807, 2.05) is 11.8 Å². The number of aromatic nitrogens is 2. The van der Waals surface area contributed by atoms with Crippen LogP contribution in [0.1, 0.15) is 24.9 Å². The van der Waals surface area contributed by atoms with Crippen LogP contribution in [-0.2, 0) is 17.1 Å². The Morgan fingerprint density at radius 3 is 2.93 bits per heavy atom. The Hall–Kier alpha value is -0.810. The van der Waals surface area contributed by atoms with Crippen LogP contribution in [0.15, 0.2) is 6.07 Å². The van der Waals surface area contributed by atoms with Gasteiger partial charge in [-0.1, -0.05) is 6.92 Å². The van der Waals surface area contributed by atoms with Gasteiger partial charge in [-0.2, -0.15) is 11.8 Å². The second kappa shape index (κ2) is 6.63. The van der Waals surface area contributed by atoms with E-state index in [-0.39, 0.29) is 0 Å².